The van der Waals surface area contributed by atoms with E-state index in [2.05, 4.69) is 20.9 Å². The van der Waals surface area contributed by atoms with E-state index in [1.807, 2.05) is 11.0 Å². The number of alkyl halides is 3. The number of aromatic nitrogens is 2. The molecule has 16 nitrogen and oxygen atoms in total. The molecule has 2 bridgehead atoms. The summed E-state index contributed by atoms with van der Waals surface area (Å²) in [6.07, 6.45) is -1.87. The number of hydrogen-bond acceptors (Lipinski definition) is 14. The number of nitriles is 1. The van der Waals surface area contributed by atoms with E-state index in [4.69, 9.17) is 25.2 Å². The van der Waals surface area contributed by atoms with Crippen LogP contribution in [0.25, 0.3) is 43.2 Å². The maximum atomic E-state index is 15.2. The Balaban J connectivity index is 0.743. The Labute approximate surface area is 484 Å². The Kier molecular flexibility index (Phi) is 17.4. The number of nitrogen functional groups attached to an aromatic ring is 1. The van der Waals surface area contributed by atoms with Gasteiger partial charge in [0.05, 0.1) is 45.7 Å². The zero-order valence-corrected chi connectivity index (χ0v) is 47.5. The Hall–Kier alpha value is -7.17. The SMILES string of the molecule is C[C@H](NC(=O)[C@@H]1C[C@@H](O)CN1C(=O)[C@@H](NC(=O)CCOCCCN1CCC[C@H]1COc1nc(N2CC3CCC(C2)N3)c2cc(C(F)(F)F)c(-c3ccc(F)c4sc(N)c(C#N)c34)cc2n1)C(C)(C)C)c1ccc(-c2c(F)cc(F)cc2F)cc1. The number of carbonyl (C=O) groups excluding carboxylic acids is 3. The van der Waals surface area contributed by atoms with Crippen LogP contribution in [0.3, 0.4) is 0 Å². The molecule has 0 radical (unpaired) electrons. The van der Waals surface area contributed by atoms with Crippen LogP contribution in [0, 0.1) is 40.0 Å². The van der Waals surface area contributed by atoms with Gasteiger partial charge in [0.2, 0.25) is 17.7 Å². The molecule has 4 saturated heterocycles. The lowest BCUT2D eigenvalue weighted by atomic mass is 9.85. The van der Waals surface area contributed by atoms with Gasteiger partial charge in [0.1, 0.15) is 58.8 Å². The minimum Gasteiger partial charge on any atom is -0.462 e. The Morgan fingerprint density at radius 3 is 2.31 bits per heavy atom. The number of nitrogens with two attached hydrogens (primary N) is 1. The van der Waals surface area contributed by atoms with Crippen molar-refractivity contribution in [3.05, 3.63) is 101 Å². The number of halogens is 7. The quantitative estimate of drug-likeness (QED) is 0.0402. The van der Waals surface area contributed by atoms with Gasteiger partial charge in [0.25, 0.3) is 0 Å². The highest BCUT2D eigenvalue weighted by Crippen LogP contribution is 2.47. The second-order valence-corrected chi connectivity index (χ2v) is 24.3. The minimum atomic E-state index is -4.86. The zero-order chi connectivity index (χ0) is 59.9. The van der Waals surface area contributed by atoms with Crippen LogP contribution in [-0.4, -0.2) is 131 Å². The summed E-state index contributed by atoms with van der Waals surface area (Å²) in [7, 11) is 0. The van der Waals surface area contributed by atoms with Crippen molar-refractivity contribution in [2.45, 2.75) is 121 Å². The number of fused-ring (bicyclic) bond motifs is 4. The lowest BCUT2D eigenvalue weighted by Crippen LogP contribution is -2.58. The summed E-state index contributed by atoms with van der Waals surface area (Å²) in [6.45, 7) is 9.85. The average molecular weight is 1190 g/mol. The van der Waals surface area contributed by atoms with Crippen LogP contribution in [0.5, 0.6) is 6.01 Å². The molecule has 24 heteroatoms. The maximum absolute atomic E-state index is 15.2. The van der Waals surface area contributed by atoms with Gasteiger partial charge in [-0.25, -0.2) is 17.6 Å². The molecule has 6 heterocycles. The fraction of sp³-hybridized carbons (Fsp3) is 0.467. The van der Waals surface area contributed by atoms with Crippen LogP contribution in [0.1, 0.15) is 95.4 Å². The van der Waals surface area contributed by atoms with Gasteiger partial charge < -0.3 is 46.1 Å². The van der Waals surface area contributed by atoms with Gasteiger partial charge in [0, 0.05) is 86.7 Å². The summed E-state index contributed by atoms with van der Waals surface area (Å²) in [5.41, 5.74) is 4.39. The summed E-state index contributed by atoms with van der Waals surface area (Å²) >= 11 is 0.797. The first-order valence-electron chi connectivity index (χ1n) is 28.1. The van der Waals surface area contributed by atoms with Crippen LogP contribution >= 0.6 is 11.3 Å². The van der Waals surface area contributed by atoms with E-state index in [0.717, 1.165) is 55.7 Å². The fourth-order valence-electron chi connectivity index (χ4n) is 12.1. The molecular weight excluding hydrogens is 1120 g/mol. The second kappa shape index (κ2) is 24.4. The third-order valence-electron chi connectivity index (χ3n) is 16.3. The highest BCUT2D eigenvalue weighted by Gasteiger charge is 2.45. The molecule has 6 N–H and O–H groups in total. The molecule has 446 valence electrons. The number of piperazine rings is 1. The molecule has 4 aromatic carbocycles. The molecule has 4 aliphatic heterocycles. The average Bonchev–Trinajstić information content (AvgIpc) is 2.30. The van der Waals surface area contributed by atoms with Crippen molar-refractivity contribution in [3.63, 3.8) is 0 Å². The van der Waals surface area contributed by atoms with E-state index < -0.39 is 87.9 Å². The molecule has 84 heavy (non-hydrogen) atoms. The number of benzene rings is 4. The number of rotatable bonds is 18. The molecule has 2 aromatic heterocycles. The van der Waals surface area contributed by atoms with E-state index in [0.29, 0.717) is 56.2 Å². The number of anilines is 2. The molecule has 0 spiro atoms. The first-order chi connectivity index (χ1) is 39.9. The van der Waals surface area contributed by atoms with Crippen molar-refractivity contribution in [2.24, 2.45) is 5.41 Å². The topological polar surface area (TPSA) is 211 Å². The molecular formula is C60H65F7N10O6S. The first-order valence-corrected chi connectivity index (χ1v) is 28.9. The van der Waals surface area contributed by atoms with E-state index in [-0.39, 0.29) is 105 Å². The van der Waals surface area contributed by atoms with Gasteiger partial charge in [0.15, 0.2) is 0 Å². The van der Waals surface area contributed by atoms with Crippen molar-refractivity contribution >= 4 is 60.9 Å². The molecule has 0 aliphatic carbocycles. The largest absolute Gasteiger partial charge is 0.462 e. The van der Waals surface area contributed by atoms with E-state index >= 15 is 17.6 Å². The van der Waals surface area contributed by atoms with Crippen LogP contribution in [0.4, 0.5) is 41.6 Å². The van der Waals surface area contributed by atoms with E-state index in [9.17, 15) is 37.9 Å². The van der Waals surface area contributed by atoms with Gasteiger partial charge in [-0.3, -0.25) is 19.3 Å². The molecule has 0 saturated carbocycles. The molecule has 2 unspecified atom stereocenters. The van der Waals surface area contributed by atoms with E-state index in [1.165, 1.54) is 29.2 Å². The molecule has 4 fully saturated rings. The van der Waals surface area contributed by atoms with Crippen molar-refractivity contribution in [2.75, 3.05) is 63.2 Å². The number of β-amino-alcohol motifs (C(OH)–C–C–N with tert-alkyl or cyclic N) is 1. The summed E-state index contributed by atoms with van der Waals surface area (Å²) in [4.78, 5) is 56.4. The second-order valence-electron chi connectivity index (χ2n) is 23.3. The van der Waals surface area contributed by atoms with Crippen molar-refractivity contribution in [3.8, 4) is 34.3 Å². The highest BCUT2D eigenvalue weighted by molar-refractivity contribution is 7.23. The van der Waals surface area contributed by atoms with Gasteiger partial charge in [-0.1, -0.05) is 51.1 Å². The normalized spacial score (nSPS) is 20.8. The summed E-state index contributed by atoms with van der Waals surface area (Å²) < 4.78 is 115. The standard InChI is InChI=1S/C60H65F7N10O6S/c1-31(32-8-10-33(11-9-32)50-45(63)21-34(61)22-46(50)64)70-56(80)48-23-38(78)29-77(48)57(81)53(59(2,3)4)73-49(79)16-20-82-19-6-18-75-17-5-7-37(75)30-83-58-72-47-25-40(39-14-15-44(62)52-51(39)42(26-68)54(69)84-52)43(60(65,66)67)24-41(47)55(74-58)76-27-35-12-13-36(28-76)71-35/h8-11,14-15,21-22,24-25,31,35-38,48,53,71,78H,5-7,12-13,16-20,23,27-30,69H2,1-4H3,(H,70,80)(H,73,79)/t31-,35?,36?,37-,38+,48-,53+/m0/s1. The van der Waals surface area contributed by atoms with Gasteiger partial charge in [-0.05, 0) is 91.4 Å². The number of nitrogens with zero attached hydrogens (tertiary/aromatic N) is 6. The van der Waals surface area contributed by atoms with Crippen LogP contribution < -0.4 is 31.3 Å². The predicted molar refractivity (Wildman–Crippen MR) is 303 cm³/mol. The number of aliphatic hydroxyl groups excluding tert-OH is 1. The number of hydrogen-bond donors (Lipinski definition) is 5. The Bertz CT molecular complexity index is 3490. The van der Waals surface area contributed by atoms with Crippen molar-refractivity contribution in [1.82, 2.24) is 35.7 Å². The lowest BCUT2D eigenvalue weighted by Gasteiger charge is -2.35. The summed E-state index contributed by atoms with van der Waals surface area (Å²) in [5.74, 6) is -5.12. The van der Waals surface area contributed by atoms with Gasteiger partial charge in [-0.2, -0.15) is 28.4 Å². The molecule has 10 rings (SSSR count). The van der Waals surface area contributed by atoms with Gasteiger partial charge >= 0.3 is 12.2 Å². The van der Waals surface area contributed by atoms with Crippen molar-refractivity contribution < 1.29 is 59.7 Å². The highest BCUT2D eigenvalue weighted by atomic mass is 32.1. The predicted octanol–water partition coefficient (Wildman–Crippen LogP) is 9.16. The Morgan fingerprint density at radius 1 is 0.917 bits per heavy atom. The van der Waals surface area contributed by atoms with Crippen LogP contribution in [0.2, 0.25) is 0 Å². The molecule has 4 aliphatic rings. The van der Waals surface area contributed by atoms with Crippen molar-refractivity contribution in [1.29, 1.82) is 5.26 Å². The molecule has 6 aromatic rings. The number of amides is 3. The molecule has 3 amide bonds. The van der Waals surface area contributed by atoms with Gasteiger partial charge in [-0.15, -0.1) is 11.3 Å². The third-order valence-corrected chi connectivity index (χ3v) is 17.3. The number of nitrogens with one attached hydrogen (secondary N) is 3. The first kappa shape index (κ1) is 60.0. The number of aliphatic hydroxyl groups is 1. The fourth-order valence-corrected chi connectivity index (χ4v) is 13.0. The number of ether oxygens (including phenoxy) is 2. The minimum absolute atomic E-state index is 0.00585. The smallest absolute Gasteiger partial charge is 0.417 e. The monoisotopic (exact) mass is 1190 g/mol. The zero-order valence-electron chi connectivity index (χ0n) is 46.7. The third kappa shape index (κ3) is 12.8. The summed E-state index contributed by atoms with van der Waals surface area (Å²) in [6, 6.07) is 11.2. The van der Waals surface area contributed by atoms with Crippen LogP contribution in [0.15, 0.2) is 60.7 Å². The summed E-state index contributed by atoms with van der Waals surface area (Å²) in [5, 5.41) is 30.1. The lowest BCUT2D eigenvalue weighted by molar-refractivity contribution is -0.144. The number of thiophene rings is 1. The maximum Gasteiger partial charge on any atom is 0.417 e. The van der Waals surface area contributed by atoms with Crippen LogP contribution in [-0.2, 0) is 25.3 Å². The Morgan fingerprint density at radius 2 is 1.63 bits per heavy atom. The van der Waals surface area contributed by atoms with E-state index in [1.54, 1.807) is 39.8 Å². The number of carbonyl (C=O) groups is 3. The number of likely N-dealkylation sites (tertiary alicyclic amines) is 2. The molecule has 7 atom stereocenters.